The van der Waals surface area contributed by atoms with Gasteiger partial charge in [0, 0.05) is 18.9 Å². The summed E-state index contributed by atoms with van der Waals surface area (Å²) in [6, 6.07) is 1.82. The van der Waals surface area contributed by atoms with Crippen molar-refractivity contribution in [1.29, 1.82) is 0 Å². The van der Waals surface area contributed by atoms with Gasteiger partial charge in [0.05, 0.1) is 12.3 Å². The number of nitrogens with one attached hydrogen (secondary N) is 1. The van der Waals surface area contributed by atoms with E-state index in [0.29, 0.717) is 0 Å². The van der Waals surface area contributed by atoms with Gasteiger partial charge in [0.25, 0.3) is 0 Å². The Morgan fingerprint density at radius 1 is 1.38 bits per heavy atom. The summed E-state index contributed by atoms with van der Waals surface area (Å²) in [6.45, 7) is 1.84. The van der Waals surface area contributed by atoms with Crippen LogP contribution in [0.1, 0.15) is 5.82 Å². The molecule has 2 heterocycles. The molecule has 0 atom stereocenters. The van der Waals surface area contributed by atoms with Crippen LogP contribution in [0.4, 0.5) is 0 Å². The van der Waals surface area contributed by atoms with Gasteiger partial charge in [-0.25, -0.2) is 9.97 Å². The monoisotopic (exact) mass is 194 g/mol. The van der Waals surface area contributed by atoms with Crippen LogP contribution in [0.15, 0.2) is 23.5 Å². The second-order valence-corrected chi connectivity index (χ2v) is 3.53. The maximum absolute atomic E-state index is 4.26. The fourth-order valence-corrected chi connectivity index (χ4v) is 1.81. The second kappa shape index (κ2) is 4.23. The Bertz CT molecular complexity index is 298. The molecule has 0 saturated carbocycles. The molecule has 1 aromatic rings. The Morgan fingerprint density at radius 3 is 2.92 bits per heavy atom. The van der Waals surface area contributed by atoms with Gasteiger partial charge >= 0.3 is 0 Å². The largest absolute Gasteiger partial charge is 0.363 e. The van der Waals surface area contributed by atoms with Gasteiger partial charge < -0.3 is 5.32 Å². The normalized spacial score (nSPS) is 15.2. The predicted molar refractivity (Wildman–Crippen MR) is 53.6 cm³/mol. The fraction of sp³-hybridized carbons (Fsp3) is 0.375. The van der Waals surface area contributed by atoms with Crippen molar-refractivity contribution in [2.24, 2.45) is 4.99 Å². The number of nitrogens with zero attached hydrogens (tertiary/aromatic N) is 3. The lowest BCUT2D eigenvalue weighted by Crippen LogP contribution is -2.15. The van der Waals surface area contributed by atoms with Crippen LogP contribution in [0.2, 0.25) is 0 Å². The van der Waals surface area contributed by atoms with E-state index >= 15 is 0 Å². The molecule has 0 radical (unpaired) electrons. The number of aromatic nitrogens is 2. The fourth-order valence-electron chi connectivity index (χ4n) is 1.01. The highest BCUT2D eigenvalue weighted by atomic mass is 32.2. The summed E-state index contributed by atoms with van der Waals surface area (Å²) in [5, 5.41) is 4.19. The molecule has 1 aliphatic rings. The van der Waals surface area contributed by atoms with Crippen LogP contribution in [0.5, 0.6) is 0 Å². The molecule has 1 aromatic heterocycles. The van der Waals surface area contributed by atoms with Crippen LogP contribution < -0.4 is 5.32 Å². The molecule has 1 aliphatic heterocycles. The summed E-state index contributed by atoms with van der Waals surface area (Å²) in [4.78, 5) is 12.5. The standard InChI is InChI=1S/C8H10N4S/c1-2-9-7(10-3-1)6-13-8-11-4-5-12-8/h1-3H,4-6H2,(H,11,12). The minimum atomic E-state index is 0.784. The minimum Gasteiger partial charge on any atom is -0.363 e. The summed E-state index contributed by atoms with van der Waals surface area (Å²) in [5.41, 5.74) is 0. The van der Waals surface area contributed by atoms with Gasteiger partial charge in [-0.1, -0.05) is 11.8 Å². The van der Waals surface area contributed by atoms with Crippen LogP contribution in [0.3, 0.4) is 0 Å². The summed E-state index contributed by atoms with van der Waals surface area (Å²) in [5.74, 6) is 1.64. The van der Waals surface area contributed by atoms with Crippen molar-refractivity contribution in [3.63, 3.8) is 0 Å². The smallest absolute Gasteiger partial charge is 0.157 e. The summed E-state index contributed by atoms with van der Waals surface area (Å²) in [6.07, 6.45) is 3.51. The third kappa shape index (κ3) is 2.42. The summed E-state index contributed by atoms with van der Waals surface area (Å²) in [7, 11) is 0. The SMILES string of the molecule is c1cnc(CSC2=NCCN2)nc1. The van der Waals surface area contributed by atoms with E-state index in [1.807, 2.05) is 6.07 Å². The average Bonchev–Trinajstić information content (AvgIpc) is 2.69. The minimum absolute atomic E-state index is 0.784. The Hall–Kier alpha value is -1.10. The van der Waals surface area contributed by atoms with E-state index in [9.17, 15) is 0 Å². The molecule has 0 unspecified atom stereocenters. The highest BCUT2D eigenvalue weighted by Crippen LogP contribution is 2.10. The predicted octanol–water partition coefficient (Wildman–Crippen LogP) is 0.669. The molecule has 0 saturated heterocycles. The molecule has 0 bridgehead atoms. The number of rotatable bonds is 2. The summed E-state index contributed by atoms with van der Waals surface area (Å²) < 4.78 is 0. The number of hydrogen-bond acceptors (Lipinski definition) is 5. The molecule has 0 fully saturated rings. The number of aliphatic imine (C=N–C) groups is 1. The van der Waals surface area contributed by atoms with E-state index < -0.39 is 0 Å². The van der Waals surface area contributed by atoms with Gasteiger partial charge in [0.15, 0.2) is 5.17 Å². The number of amidine groups is 1. The van der Waals surface area contributed by atoms with Crippen molar-refractivity contribution in [3.05, 3.63) is 24.3 Å². The number of hydrogen-bond donors (Lipinski definition) is 1. The van der Waals surface area contributed by atoms with E-state index in [1.54, 1.807) is 24.2 Å². The van der Waals surface area contributed by atoms with E-state index in [2.05, 4.69) is 20.3 Å². The van der Waals surface area contributed by atoms with Crippen LogP contribution in [0, 0.1) is 0 Å². The van der Waals surface area contributed by atoms with Crippen molar-refractivity contribution in [2.75, 3.05) is 13.1 Å². The van der Waals surface area contributed by atoms with E-state index in [4.69, 9.17) is 0 Å². The molecule has 0 amide bonds. The van der Waals surface area contributed by atoms with Crippen LogP contribution >= 0.6 is 11.8 Å². The van der Waals surface area contributed by atoms with Crippen molar-refractivity contribution in [3.8, 4) is 0 Å². The van der Waals surface area contributed by atoms with Crippen LogP contribution in [0.25, 0.3) is 0 Å². The molecule has 13 heavy (non-hydrogen) atoms. The first-order chi connectivity index (χ1) is 6.45. The average molecular weight is 194 g/mol. The van der Waals surface area contributed by atoms with Crippen molar-refractivity contribution in [1.82, 2.24) is 15.3 Å². The van der Waals surface area contributed by atoms with Crippen molar-refractivity contribution >= 4 is 16.9 Å². The summed E-state index contributed by atoms with van der Waals surface area (Å²) >= 11 is 1.65. The maximum atomic E-state index is 4.26. The van der Waals surface area contributed by atoms with E-state index in [-0.39, 0.29) is 0 Å². The Morgan fingerprint density at radius 2 is 2.23 bits per heavy atom. The van der Waals surface area contributed by atoms with Crippen molar-refractivity contribution < 1.29 is 0 Å². The second-order valence-electron chi connectivity index (χ2n) is 2.57. The van der Waals surface area contributed by atoms with Gasteiger partial charge in [-0.3, -0.25) is 4.99 Å². The van der Waals surface area contributed by atoms with Gasteiger partial charge in [-0.05, 0) is 6.07 Å². The van der Waals surface area contributed by atoms with Gasteiger partial charge in [-0.2, -0.15) is 0 Å². The zero-order valence-corrected chi connectivity index (χ0v) is 7.92. The molecule has 1 N–H and O–H groups in total. The van der Waals surface area contributed by atoms with Gasteiger partial charge in [-0.15, -0.1) is 0 Å². The molecule has 68 valence electrons. The quantitative estimate of drug-likeness (QED) is 0.751. The molecule has 4 nitrogen and oxygen atoms in total. The van der Waals surface area contributed by atoms with Crippen molar-refractivity contribution in [2.45, 2.75) is 5.75 Å². The highest BCUT2D eigenvalue weighted by Gasteiger charge is 2.05. The maximum Gasteiger partial charge on any atom is 0.157 e. The first-order valence-electron chi connectivity index (χ1n) is 4.12. The molecular weight excluding hydrogens is 184 g/mol. The van der Waals surface area contributed by atoms with Gasteiger partial charge in [0.2, 0.25) is 0 Å². The Balaban J connectivity index is 1.86. The lowest BCUT2D eigenvalue weighted by molar-refractivity contribution is 0.963. The molecule has 0 aliphatic carbocycles. The zero-order valence-electron chi connectivity index (χ0n) is 7.10. The Kier molecular flexibility index (Phi) is 2.76. The lowest BCUT2D eigenvalue weighted by Gasteiger charge is -1.99. The third-order valence-corrected chi connectivity index (χ3v) is 2.55. The first kappa shape index (κ1) is 8.50. The number of thioether (sulfide) groups is 1. The van der Waals surface area contributed by atoms with E-state index in [1.165, 1.54) is 0 Å². The molecule has 0 spiro atoms. The lowest BCUT2D eigenvalue weighted by atomic mass is 10.6. The van der Waals surface area contributed by atoms with E-state index in [0.717, 1.165) is 29.8 Å². The zero-order chi connectivity index (χ0) is 8.93. The molecule has 2 rings (SSSR count). The topological polar surface area (TPSA) is 50.2 Å². The highest BCUT2D eigenvalue weighted by molar-refractivity contribution is 8.13. The van der Waals surface area contributed by atoms with Crippen LogP contribution in [-0.2, 0) is 5.75 Å². The molecule has 5 heteroatoms. The molecular formula is C8H10N4S. The molecule has 0 aromatic carbocycles. The van der Waals surface area contributed by atoms with Crippen LogP contribution in [-0.4, -0.2) is 28.2 Å². The van der Waals surface area contributed by atoms with Gasteiger partial charge in [0.1, 0.15) is 5.82 Å². The third-order valence-electron chi connectivity index (χ3n) is 1.60. The first-order valence-corrected chi connectivity index (χ1v) is 5.11. The Labute approximate surface area is 80.9 Å².